The van der Waals surface area contributed by atoms with E-state index in [1.54, 1.807) is 13.0 Å². The Morgan fingerprint density at radius 1 is 1.00 bits per heavy atom. The van der Waals surface area contributed by atoms with E-state index < -0.39 is 10.9 Å². The van der Waals surface area contributed by atoms with Gasteiger partial charge >= 0.3 is 5.97 Å². The molecule has 2 aromatic heterocycles. The Labute approximate surface area is 195 Å². The molecule has 2 aromatic carbocycles. The van der Waals surface area contributed by atoms with Crippen LogP contribution in [0.5, 0.6) is 0 Å². The first-order valence-corrected chi connectivity index (χ1v) is 10.7. The zero-order chi connectivity index (χ0) is 23.9. The molecule has 0 bridgehead atoms. The number of fused-ring (bicyclic) bond motifs is 1. The van der Waals surface area contributed by atoms with Crippen LogP contribution >= 0.6 is 0 Å². The van der Waals surface area contributed by atoms with E-state index in [1.165, 1.54) is 18.5 Å². The number of benzene rings is 2. The molecule has 0 unspecified atom stereocenters. The van der Waals surface area contributed by atoms with Crippen molar-refractivity contribution in [3.8, 4) is 11.3 Å². The van der Waals surface area contributed by atoms with Gasteiger partial charge in [-0.3, -0.25) is 10.1 Å². The second-order valence-corrected chi connectivity index (χ2v) is 7.22. The largest absolute Gasteiger partial charge is 0.462 e. The van der Waals surface area contributed by atoms with Crippen LogP contribution in [0.4, 0.5) is 17.5 Å². The average Bonchev–Trinajstić information content (AvgIpc) is 2.86. The first kappa shape index (κ1) is 22.6. The molecule has 0 amide bonds. The van der Waals surface area contributed by atoms with E-state index in [0.29, 0.717) is 30.5 Å². The molecule has 0 saturated heterocycles. The molecule has 0 atom stereocenters. The van der Waals surface area contributed by atoms with Crippen LogP contribution in [-0.2, 0) is 4.74 Å². The third-order valence-electron chi connectivity index (χ3n) is 5.00. The third-order valence-corrected chi connectivity index (χ3v) is 5.00. The van der Waals surface area contributed by atoms with Gasteiger partial charge in [-0.2, -0.15) is 0 Å². The molecular formula is C24H22N6O4. The molecule has 0 spiro atoms. The number of anilines is 2. The van der Waals surface area contributed by atoms with Crippen molar-refractivity contribution in [1.82, 2.24) is 15.0 Å². The van der Waals surface area contributed by atoms with Gasteiger partial charge in [0.15, 0.2) is 0 Å². The van der Waals surface area contributed by atoms with Crippen molar-refractivity contribution in [1.29, 1.82) is 0 Å². The summed E-state index contributed by atoms with van der Waals surface area (Å²) in [6, 6.07) is 16.6. The van der Waals surface area contributed by atoms with Crippen molar-refractivity contribution in [2.24, 2.45) is 0 Å². The van der Waals surface area contributed by atoms with Crippen molar-refractivity contribution in [2.75, 3.05) is 30.3 Å². The normalized spacial score (nSPS) is 10.6. The lowest BCUT2D eigenvalue weighted by molar-refractivity contribution is -0.385. The molecule has 10 heteroatoms. The summed E-state index contributed by atoms with van der Waals surface area (Å²) < 4.78 is 5.21. The number of hydrogen-bond donors (Lipinski definition) is 2. The summed E-state index contributed by atoms with van der Waals surface area (Å²) in [6.07, 6.45) is 2.67. The van der Waals surface area contributed by atoms with Crippen LogP contribution in [-0.4, -0.2) is 45.5 Å². The molecule has 0 saturated carbocycles. The standard InChI is InChI=1S/C24H22N6O4/c1-2-34-23(31)20-15-28-24(26-13-12-25-21-11-10-17(14-27-21)30(32)33)29-22(20)19-9-5-7-16-6-3-4-8-18(16)19/h3-11,14-15H,2,12-13H2,1H3,(H,25,27)(H,26,28,29). The van der Waals surface area contributed by atoms with Crippen molar-refractivity contribution in [3.63, 3.8) is 0 Å². The minimum atomic E-state index is -0.497. The Kier molecular flexibility index (Phi) is 6.87. The summed E-state index contributed by atoms with van der Waals surface area (Å²) >= 11 is 0. The molecule has 0 aliphatic carbocycles. The van der Waals surface area contributed by atoms with Crippen molar-refractivity contribution >= 4 is 34.2 Å². The maximum atomic E-state index is 12.6. The summed E-state index contributed by atoms with van der Waals surface area (Å²) in [5.74, 6) is 0.389. The summed E-state index contributed by atoms with van der Waals surface area (Å²) in [7, 11) is 0. The minimum Gasteiger partial charge on any atom is -0.462 e. The van der Waals surface area contributed by atoms with Crippen molar-refractivity contribution in [2.45, 2.75) is 6.92 Å². The number of carbonyl (C=O) groups is 1. The van der Waals surface area contributed by atoms with Crippen LogP contribution in [0.2, 0.25) is 0 Å². The highest BCUT2D eigenvalue weighted by Gasteiger charge is 2.19. The van der Waals surface area contributed by atoms with Gasteiger partial charge in [-0.25, -0.2) is 19.7 Å². The Morgan fingerprint density at radius 3 is 2.56 bits per heavy atom. The van der Waals surface area contributed by atoms with Crippen LogP contribution in [0.25, 0.3) is 22.0 Å². The van der Waals surface area contributed by atoms with E-state index in [-0.39, 0.29) is 17.9 Å². The topological polar surface area (TPSA) is 132 Å². The number of esters is 1. The summed E-state index contributed by atoms with van der Waals surface area (Å²) in [5.41, 5.74) is 1.51. The molecule has 0 aliphatic rings. The highest BCUT2D eigenvalue weighted by Crippen LogP contribution is 2.30. The number of nitrogens with one attached hydrogen (secondary N) is 2. The number of carbonyl (C=O) groups excluding carboxylic acids is 1. The van der Waals surface area contributed by atoms with E-state index in [4.69, 9.17) is 4.74 Å². The highest BCUT2D eigenvalue weighted by molar-refractivity contribution is 6.03. The molecule has 4 rings (SSSR count). The monoisotopic (exact) mass is 458 g/mol. The Morgan fingerprint density at radius 2 is 1.79 bits per heavy atom. The molecule has 34 heavy (non-hydrogen) atoms. The lowest BCUT2D eigenvalue weighted by Gasteiger charge is -2.13. The van der Waals surface area contributed by atoms with Crippen LogP contribution in [0.1, 0.15) is 17.3 Å². The first-order valence-electron chi connectivity index (χ1n) is 10.7. The number of hydrogen-bond acceptors (Lipinski definition) is 9. The van der Waals surface area contributed by atoms with Gasteiger partial charge in [0.05, 0.1) is 17.2 Å². The molecular weight excluding hydrogens is 436 g/mol. The van der Waals surface area contributed by atoms with Crippen LogP contribution in [0.3, 0.4) is 0 Å². The van der Waals surface area contributed by atoms with Gasteiger partial charge in [-0.05, 0) is 23.8 Å². The maximum Gasteiger partial charge on any atom is 0.341 e. The van der Waals surface area contributed by atoms with E-state index in [9.17, 15) is 14.9 Å². The maximum absolute atomic E-state index is 12.6. The fraction of sp³-hybridized carbons (Fsp3) is 0.167. The number of aromatic nitrogens is 3. The fourth-order valence-corrected chi connectivity index (χ4v) is 3.43. The van der Waals surface area contributed by atoms with Gasteiger partial charge in [0.2, 0.25) is 5.95 Å². The van der Waals surface area contributed by atoms with Gasteiger partial charge in [0, 0.05) is 30.9 Å². The van der Waals surface area contributed by atoms with E-state index in [1.807, 2.05) is 42.5 Å². The summed E-state index contributed by atoms with van der Waals surface area (Å²) in [6.45, 7) is 2.92. The molecule has 2 N–H and O–H groups in total. The quantitative estimate of drug-likeness (QED) is 0.163. The molecule has 0 radical (unpaired) electrons. The first-order chi connectivity index (χ1) is 16.6. The lowest BCUT2D eigenvalue weighted by atomic mass is 9.99. The zero-order valence-corrected chi connectivity index (χ0v) is 18.4. The van der Waals surface area contributed by atoms with Crippen molar-refractivity contribution in [3.05, 3.63) is 82.7 Å². The smallest absolute Gasteiger partial charge is 0.341 e. The average molecular weight is 458 g/mol. The summed E-state index contributed by atoms with van der Waals surface area (Å²) in [4.78, 5) is 35.7. The van der Waals surface area contributed by atoms with E-state index >= 15 is 0 Å². The molecule has 4 aromatic rings. The van der Waals surface area contributed by atoms with Crippen LogP contribution < -0.4 is 10.6 Å². The predicted octanol–water partition coefficient (Wildman–Crippen LogP) is 4.30. The van der Waals surface area contributed by atoms with E-state index in [2.05, 4.69) is 25.6 Å². The number of nitrogens with zero attached hydrogens (tertiary/aromatic N) is 4. The number of ether oxygens (including phenoxy) is 1. The lowest BCUT2D eigenvalue weighted by Crippen LogP contribution is -2.17. The third kappa shape index (κ3) is 5.07. The van der Waals surface area contributed by atoms with Gasteiger partial charge in [-0.1, -0.05) is 42.5 Å². The Balaban J connectivity index is 1.53. The fourth-order valence-electron chi connectivity index (χ4n) is 3.43. The summed E-state index contributed by atoms with van der Waals surface area (Å²) in [5, 5.41) is 18.9. The number of pyridine rings is 1. The SMILES string of the molecule is CCOC(=O)c1cnc(NCCNc2ccc([N+](=O)[O-])cn2)nc1-c1cccc2ccccc12. The Hall–Kier alpha value is -4.60. The number of rotatable bonds is 9. The van der Waals surface area contributed by atoms with E-state index in [0.717, 1.165) is 16.3 Å². The van der Waals surface area contributed by atoms with Gasteiger partial charge in [0.1, 0.15) is 17.6 Å². The second kappa shape index (κ2) is 10.3. The molecule has 2 heterocycles. The molecule has 10 nitrogen and oxygen atoms in total. The zero-order valence-electron chi connectivity index (χ0n) is 18.4. The van der Waals surface area contributed by atoms with Gasteiger partial charge < -0.3 is 15.4 Å². The van der Waals surface area contributed by atoms with Crippen LogP contribution in [0, 0.1) is 10.1 Å². The Bertz CT molecular complexity index is 1320. The molecule has 0 fully saturated rings. The van der Waals surface area contributed by atoms with Crippen molar-refractivity contribution < 1.29 is 14.5 Å². The second-order valence-electron chi connectivity index (χ2n) is 7.22. The highest BCUT2D eigenvalue weighted by atomic mass is 16.6. The molecule has 172 valence electrons. The molecule has 0 aliphatic heterocycles. The van der Waals surface area contributed by atoms with Crippen LogP contribution in [0.15, 0.2) is 67.0 Å². The number of nitro groups is 1. The minimum absolute atomic E-state index is 0.0697. The van der Waals surface area contributed by atoms with Gasteiger partial charge in [0.25, 0.3) is 5.69 Å². The predicted molar refractivity (Wildman–Crippen MR) is 129 cm³/mol. The van der Waals surface area contributed by atoms with Gasteiger partial charge in [-0.15, -0.1) is 0 Å².